The molecule has 2 N–H and O–H groups in total. The zero-order valence-electron chi connectivity index (χ0n) is 18.7. The molecular weight excluding hydrogens is 423 g/mol. The Morgan fingerprint density at radius 1 is 1.33 bits per heavy atom. The molecule has 2 aromatic rings. The van der Waals surface area contributed by atoms with Crippen LogP contribution in [0.15, 0.2) is 41.4 Å². The van der Waals surface area contributed by atoms with E-state index in [4.69, 9.17) is 20.2 Å². The second-order valence-electron chi connectivity index (χ2n) is 8.45. The highest BCUT2D eigenvalue weighted by atomic mass is 19.1. The van der Waals surface area contributed by atoms with Gasteiger partial charge in [0.2, 0.25) is 6.41 Å². The number of rotatable bonds is 5. The largest absolute Gasteiger partial charge is 0.490 e. The van der Waals surface area contributed by atoms with Crippen molar-refractivity contribution in [2.45, 2.75) is 44.4 Å². The van der Waals surface area contributed by atoms with Gasteiger partial charge in [-0.2, -0.15) is 5.26 Å². The number of carbonyl (C=O) groups excluding carboxylic acids is 1. The average molecular weight is 451 g/mol. The Morgan fingerprint density at radius 3 is 2.88 bits per heavy atom. The third-order valence-corrected chi connectivity index (χ3v) is 6.35. The lowest BCUT2D eigenvalue weighted by Crippen LogP contribution is -2.43. The summed E-state index contributed by atoms with van der Waals surface area (Å²) in [6, 6.07) is 11.5. The van der Waals surface area contributed by atoms with E-state index in [2.05, 4.69) is 0 Å². The first-order valence-electron chi connectivity index (χ1n) is 11.1. The van der Waals surface area contributed by atoms with Crippen molar-refractivity contribution in [3.63, 3.8) is 0 Å². The van der Waals surface area contributed by atoms with Gasteiger partial charge in [0.05, 0.1) is 23.8 Å². The maximum Gasteiger partial charge on any atom is 0.216 e. The molecular formula is C25H27FN4O3. The SMILES string of the molecule is CCOC1CCC2Oc3ccc(-c4cc(F)cc(C#N)c4)cc3C(N=C(N)N(C)C=O)[C@H]2C1. The van der Waals surface area contributed by atoms with Gasteiger partial charge in [-0.05, 0) is 67.6 Å². The average Bonchev–Trinajstić information content (AvgIpc) is 2.83. The van der Waals surface area contributed by atoms with Crippen molar-refractivity contribution in [2.75, 3.05) is 13.7 Å². The number of hydrogen-bond acceptors (Lipinski definition) is 5. The van der Waals surface area contributed by atoms with Gasteiger partial charge in [0.15, 0.2) is 5.96 Å². The molecule has 1 amide bonds. The Hall–Kier alpha value is -3.44. The minimum Gasteiger partial charge on any atom is -0.490 e. The predicted molar refractivity (Wildman–Crippen MR) is 122 cm³/mol. The number of benzene rings is 2. The molecule has 0 aromatic heterocycles. The molecule has 1 aliphatic heterocycles. The maximum absolute atomic E-state index is 14.1. The summed E-state index contributed by atoms with van der Waals surface area (Å²) in [5.41, 5.74) is 8.52. The van der Waals surface area contributed by atoms with Gasteiger partial charge in [-0.25, -0.2) is 9.38 Å². The van der Waals surface area contributed by atoms with E-state index in [1.807, 2.05) is 31.2 Å². The van der Waals surface area contributed by atoms with Crippen molar-refractivity contribution >= 4 is 12.4 Å². The molecule has 2 aromatic carbocycles. The number of nitrogens with zero attached hydrogens (tertiary/aromatic N) is 3. The topological polar surface area (TPSA) is 101 Å². The van der Waals surface area contributed by atoms with E-state index in [1.54, 1.807) is 13.1 Å². The summed E-state index contributed by atoms with van der Waals surface area (Å²) in [6.07, 6.45) is 3.18. The monoisotopic (exact) mass is 450 g/mol. The summed E-state index contributed by atoms with van der Waals surface area (Å²) in [4.78, 5) is 17.2. The Balaban J connectivity index is 1.79. The lowest BCUT2D eigenvalue weighted by atomic mass is 9.75. The van der Waals surface area contributed by atoms with E-state index in [0.717, 1.165) is 30.4 Å². The molecule has 1 fully saturated rings. The van der Waals surface area contributed by atoms with E-state index < -0.39 is 5.82 Å². The molecule has 33 heavy (non-hydrogen) atoms. The zero-order chi connectivity index (χ0) is 23.5. The highest BCUT2D eigenvalue weighted by Crippen LogP contribution is 2.48. The minimum atomic E-state index is -0.476. The molecule has 8 heteroatoms. The van der Waals surface area contributed by atoms with Crippen molar-refractivity contribution < 1.29 is 18.7 Å². The Bertz CT molecular complexity index is 1110. The molecule has 0 radical (unpaired) electrons. The van der Waals surface area contributed by atoms with Crippen molar-refractivity contribution in [1.29, 1.82) is 5.26 Å². The second kappa shape index (κ2) is 9.59. The van der Waals surface area contributed by atoms with Gasteiger partial charge in [0.25, 0.3) is 0 Å². The number of halogens is 1. The third-order valence-electron chi connectivity index (χ3n) is 6.35. The number of guanidine groups is 1. The molecule has 3 unspecified atom stereocenters. The molecule has 2 aliphatic rings. The summed E-state index contributed by atoms with van der Waals surface area (Å²) in [6.45, 7) is 2.61. The van der Waals surface area contributed by atoms with Crippen LogP contribution in [0.3, 0.4) is 0 Å². The lowest BCUT2D eigenvalue weighted by Gasteiger charge is -2.43. The number of nitrogens with two attached hydrogens (primary N) is 1. The Labute approximate surface area is 192 Å². The van der Waals surface area contributed by atoms with Crippen molar-refractivity contribution in [3.05, 3.63) is 53.3 Å². The molecule has 1 aliphatic carbocycles. The molecule has 172 valence electrons. The molecule has 0 bridgehead atoms. The molecule has 1 heterocycles. The summed E-state index contributed by atoms with van der Waals surface area (Å²) in [5.74, 6) is 0.348. The van der Waals surface area contributed by atoms with Crippen LogP contribution in [0.2, 0.25) is 0 Å². The molecule has 0 saturated heterocycles. The molecule has 4 rings (SSSR count). The summed E-state index contributed by atoms with van der Waals surface area (Å²) < 4.78 is 26.3. The number of ether oxygens (including phenoxy) is 2. The summed E-state index contributed by atoms with van der Waals surface area (Å²) in [7, 11) is 1.56. The Kier molecular flexibility index (Phi) is 6.61. The van der Waals surface area contributed by atoms with Crippen LogP contribution in [0.25, 0.3) is 11.1 Å². The van der Waals surface area contributed by atoms with Gasteiger partial charge in [0.1, 0.15) is 17.7 Å². The predicted octanol–water partition coefficient (Wildman–Crippen LogP) is 3.77. The Morgan fingerprint density at radius 2 is 2.15 bits per heavy atom. The number of aliphatic imine (C=N–C) groups is 1. The van der Waals surface area contributed by atoms with Crippen LogP contribution in [0.5, 0.6) is 5.75 Å². The zero-order valence-corrected chi connectivity index (χ0v) is 18.7. The standard InChI is InChI=1S/C25H27FN4O3/c1-3-32-19-5-7-23-21(12-19)24(29-25(28)30(2)14-31)20-11-16(4-6-22(20)33-23)17-8-15(13-27)9-18(26)10-17/h4,6,8-11,14,19,21,23-24H,3,5,7,12H2,1-2H3,(H2,28,29)/t19?,21-,23?,24?/m0/s1. The van der Waals surface area contributed by atoms with Gasteiger partial charge < -0.3 is 15.2 Å². The molecule has 7 nitrogen and oxygen atoms in total. The number of hydrogen-bond donors (Lipinski definition) is 1. The highest BCUT2D eigenvalue weighted by molar-refractivity contribution is 5.87. The fourth-order valence-corrected chi connectivity index (χ4v) is 4.74. The third kappa shape index (κ3) is 4.69. The van der Waals surface area contributed by atoms with E-state index in [-0.39, 0.29) is 35.7 Å². The summed E-state index contributed by atoms with van der Waals surface area (Å²) >= 11 is 0. The maximum atomic E-state index is 14.1. The van der Waals surface area contributed by atoms with Gasteiger partial charge in [-0.3, -0.25) is 9.69 Å². The van der Waals surface area contributed by atoms with Crippen molar-refractivity contribution in [1.82, 2.24) is 4.90 Å². The normalized spacial score (nSPS) is 24.1. The highest BCUT2D eigenvalue weighted by Gasteiger charge is 2.43. The minimum absolute atomic E-state index is 0.0128. The molecule has 0 spiro atoms. The smallest absolute Gasteiger partial charge is 0.216 e. The van der Waals surface area contributed by atoms with Crippen LogP contribution in [0.1, 0.15) is 43.4 Å². The molecule has 4 atom stereocenters. The van der Waals surface area contributed by atoms with E-state index in [0.29, 0.717) is 24.3 Å². The van der Waals surface area contributed by atoms with Crippen LogP contribution in [0.4, 0.5) is 4.39 Å². The van der Waals surface area contributed by atoms with Gasteiger partial charge in [-0.1, -0.05) is 6.07 Å². The number of amides is 1. The first-order chi connectivity index (χ1) is 15.9. The van der Waals surface area contributed by atoms with Crippen LogP contribution in [0, 0.1) is 23.1 Å². The van der Waals surface area contributed by atoms with Crippen LogP contribution >= 0.6 is 0 Å². The number of fused-ring (bicyclic) bond motifs is 2. The van der Waals surface area contributed by atoms with Crippen molar-refractivity contribution in [2.24, 2.45) is 16.6 Å². The van der Waals surface area contributed by atoms with Crippen LogP contribution < -0.4 is 10.5 Å². The fraction of sp³-hybridized carbons (Fsp3) is 0.400. The van der Waals surface area contributed by atoms with E-state index in [9.17, 15) is 14.4 Å². The van der Waals surface area contributed by atoms with Crippen LogP contribution in [-0.2, 0) is 9.53 Å². The van der Waals surface area contributed by atoms with Gasteiger partial charge in [0, 0.05) is 25.1 Å². The van der Waals surface area contributed by atoms with Gasteiger partial charge >= 0.3 is 0 Å². The number of carbonyl (C=O) groups is 1. The second-order valence-corrected chi connectivity index (χ2v) is 8.45. The van der Waals surface area contributed by atoms with Gasteiger partial charge in [-0.15, -0.1) is 0 Å². The lowest BCUT2D eigenvalue weighted by molar-refractivity contribution is -0.114. The first-order valence-corrected chi connectivity index (χ1v) is 11.1. The van der Waals surface area contributed by atoms with Crippen molar-refractivity contribution in [3.8, 4) is 22.9 Å². The van der Waals surface area contributed by atoms with E-state index in [1.165, 1.54) is 17.0 Å². The van der Waals surface area contributed by atoms with Crippen LogP contribution in [-0.4, -0.2) is 43.1 Å². The first kappa shape index (κ1) is 22.7. The summed E-state index contributed by atoms with van der Waals surface area (Å²) in [5, 5.41) is 9.23. The van der Waals surface area contributed by atoms with E-state index >= 15 is 0 Å². The fourth-order valence-electron chi connectivity index (χ4n) is 4.74. The quantitative estimate of drug-likeness (QED) is 0.424. The molecule has 1 saturated carbocycles. The number of nitriles is 1.